The van der Waals surface area contributed by atoms with Crippen LogP contribution >= 0.6 is 0 Å². The number of nitrogens with zero attached hydrogens (tertiary/aromatic N) is 3. The average Bonchev–Trinajstić information content (AvgIpc) is 3.32. The topological polar surface area (TPSA) is 86.1 Å². The molecule has 0 saturated heterocycles. The Morgan fingerprint density at radius 1 is 1.20 bits per heavy atom. The number of carbonyl (C=O) groups is 2. The number of para-hydroxylation sites is 1. The van der Waals surface area contributed by atoms with Crippen LogP contribution in [0.1, 0.15) is 47.2 Å². The fourth-order valence-corrected chi connectivity index (χ4v) is 4.51. The van der Waals surface area contributed by atoms with Gasteiger partial charge in [-0.2, -0.15) is 5.10 Å². The molecule has 1 spiro atoms. The molecule has 5 rings (SSSR count). The number of hydrogen-bond acceptors (Lipinski definition) is 5. The van der Waals surface area contributed by atoms with Crippen LogP contribution in [0.3, 0.4) is 0 Å². The second-order valence-corrected chi connectivity index (χ2v) is 8.00. The number of esters is 1. The van der Waals surface area contributed by atoms with Crippen LogP contribution in [0, 0.1) is 12.8 Å². The molecular weight excluding hydrogens is 380 g/mol. The number of benzene rings is 1. The van der Waals surface area contributed by atoms with E-state index in [1.807, 2.05) is 37.4 Å². The minimum Gasteiger partial charge on any atom is -0.450 e. The van der Waals surface area contributed by atoms with Crippen LogP contribution in [0.15, 0.2) is 55.0 Å². The lowest BCUT2D eigenvalue weighted by Crippen LogP contribution is -2.36. The van der Waals surface area contributed by atoms with Gasteiger partial charge in [0.1, 0.15) is 5.60 Å². The summed E-state index contributed by atoms with van der Waals surface area (Å²) in [4.78, 5) is 29.2. The maximum Gasteiger partial charge on any atom is 0.339 e. The van der Waals surface area contributed by atoms with Crippen LogP contribution < -0.4 is 5.32 Å². The van der Waals surface area contributed by atoms with E-state index in [9.17, 15) is 9.59 Å². The standard InChI is InChI=1S/C23H22N4O3/c1-15-4-2-3-5-19(15)27-13-9-20(26-27)25-21(28)16-6-10-23(11-7-16)18-14-24-12-8-17(18)22(29)30-23/h2-5,8-9,12-14,16H,6-7,10-11H2,1H3,(H,25,26,28)/t16-,23-. The highest BCUT2D eigenvalue weighted by molar-refractivity contribution is 5.95. The molecular formula is C23H22N4O3. The first kappa shape index (κ1) is 18.5. The quantitative estimate of drug-likeness (QED) is 0.674. The van der Waals surface area contributed by atoms with Gasteiger partial charge >= 0.3 is 5.97 Å². The first-order valence-corrected chi connectivity index (χ1v) is 10.2. The summed E-state index contributed by atoms with van der Waals surface area (Å²) >= 11 is 0. The number of anilines is 1. The Hall–Kier alpha value is -3.48. The van der Waals surface area contributed by atoms with E-state index in [4.69, 9.17) is 4.74 Å². The summed E-state index contributed by atoms with van der Waals surface area (Å²) in [6.45, 7) is 2.02. The normalized spacial score (nSPS) is 22.6. The minimum atomic E-state index is -0.635. The van der Waals surface area contributed by atoms with Crippen LogP contribution in [-0.2, 0) is 15.1 Å². The minimum absolute atomic E-state index is 0.0457. The molecule has 1 aliphatic carbocycles. The number of aryl methyl sites for hydroxylation is 1. The number of ether oxygens (including phenoxy) is 1. The van der Waals surface area contributed by atoms with Gasteiger partial charge in [-0.25, -0.2) is 9.48 Å². The van der Waals surface area contributed by atoms with Crippen molar-refractivity contribution in [2.75, 3.05) is 5.32 Å². The molecule has 1 fully saturated rings. The van der Waals surface area contributed by atoms with Gasteiger partial charge in [-0.05, 0) is 50.3 Å². The Labute approximate surface area is 174 Å². The second-order valence-electron chi connectivity index (χ2n) is 8.00. The summed E-state index contributed by atoms with van der Waals surface area (Å²) in [6, 6.07) is 11.5. The molecule has 1 N–H and O–H groups in total. The maximum absolute atomic E-state index is 12.8. The summed E-state index contributed by atoms with van der Waals surface area (Å²) in [5.41, 5.74) is 2.90. The number of pyridine rings is 1. The van der Waals surface area contributed by atoms with E-state index in [0.29, 0.717) is 37.1 Å². The van der Waals surface area contributed by atoms with E-state index in [1.54, 1.807) is 29.2 Å². The first-order valence-electron chi connectivity index (χ1n) is 10.2. The molecule has 2 aromatic heterocycles. The average molecular weight is 402 g/mol. The zero-order valence-corrected chi connectivity index (χ0v) is 16.7. The Morgan fingerprint density at radius 3 is 2.80 bits per heavy atom. The fourth-order valence-electron chi connectivity index (χ4n) is 4.51. The highest BCUT2D eigenvalue weighted by atomic mass is 16.6. The Balaban J connectivity index is 1.25. The molecule has 0 bridgehead atoms. The summed E-state index contributed by atoms with van der Waals surface area (Å²) in [7, 11) is 0. The third-order valence-corrected chi connectivity index (χ3v) is 6.19. The number of hydrogen-bond donors (Lipinski definition) is 1. The first-order chi connectivity index (χ1) is 14.6. The highest BCUT2D eigenvalue weighted by Gasteiger charge is 2.48. The van der Waals surface area contributed by atoms with Crippen LogP contribution in [0.2, 0.25) is 0 Å². The van der Waals surface area contributed by atoms with Crippen LogP contribution in [-0.4, -0.2) is 26.6 Å². The van der Waals surface area contributed by atoms with E-state index in [0.717, 1.165) is 16.8 Å². The van der Waals surface area contributed by atoms with E-state index < -0.39 is 5.60 Å². The zero-order valence-electron chi connectivity index (χ0n) is 16.7. The smallest absolute Gasteiger partial charge is 0.339 e. The van der Waals surface area contributed by atoms with E-state index in [-0.39, 0.29) is 17.8 Å². The monoisotopic (exact) mass is 402 g/mol. The lowest BCUT2D eigenvalue weighted by Gasteiger charge is -2.35. The molecule has 2 aliphatic rings. The van der Waals surface area contributed by atoms with Gasteiger partial charge in [0.2, 0.25) is 5.91 Å². The van der Waals surface area contributed by atoms with Gasteiger partial charge in [-0.3, -0.25) is 9.78 Å². The predicted molar refractivity (Wildman–Crippen MR) is 110 cm³/mol. The van der Waals surface area contributed by atoms with Crippen molar-refractivity contribution in [3.8, 4) is 5.69 Å². The summed E-state index contributed by atoms with van der Waals surface area (Å²) < 4.78 is 7.51. The molecule has 0 atom stereocenters. The van der Waals surface area contributed by atoms with Gasteiger partial charge in [-0.15, -0.1) is 0 Å². The van der Waals surface area contributed by atoms with Crippen molar-refractivity contribution in [2.45, 2.75) is 38.2 Å². The van der Waals surface area contributed by atoms with Crippen molar-refractivity contribution >= 4 is 17.7 Å². The predicted octanol–water partition coefficient (Wildman–Crippen LogP) is 3.77. The molecule has 1 saturated carbocycles. The van der Waals surface area contributed by atoms with Gasteiger partial charge in [-0.1, -0.05) is 18.2 Å². The van der Waals surface area contributed by atoms with E-state index in [2.05, 4.69) is 15.4 Å². The SMILES string of the molecule is Cc1ccccc1-n1ccc(NC(=O)[C@H]2CC[C@@]3(CC2)OC(=O)c2ccncc23)n1. The molecule has 1 amide bonds. The van der Waals surface area contributed by atoms with Crippen molar-refractivity contribution in [3.05, 3.63) is 71.7 Å². The number of fused-ring (bicyclic) bond motifs is 2. The molecule has 0 unspecified atom stereocenters. The van der Waals surface area contributed by atoms with Gasteiger partial charge in [0.05, 0.1) is 11.3 Å². The van der Waals surface area contributed by atoms with Crippen LogP contribution in [0.4, 0.5) is 5.82 Å². The molecule has 1 aliphatic heterocycles. The van der Waals surface area contributed by atoms with Crippen molar-refractivity contribution in [3.63, 3.8) is 0 Å². The molecule has 0 radical (unpaired) electrons. The molecule has 7 heteroatoms. The number of aromatic nitrogens is 3. The summed E-state index contributed by atoms with van der Waals surface area (Å²) in [6.07, 6.45) is 7.70. The van der Waals surface area contributed by atoms with Gasteiger partial charge < -0.3 is 10.1 Å². The summed E-state index contributed by atoms with van der Waals surface area (Å²) in [5.74, 6) is 0.0525. The molecule has 152 valence electrons. The molecule has 3 heterocycles. The Morgan fingerprint density at radius 2 is 2.00 bits per heavy atom. The molecule has 1 aromatic carbocycles. The van der Waals surface area contributed by atoms with Crippen molar-refractivity contribution in [1.82, 2.24) is 14.8 Å². The fraction of sp³-hybridized carbons (Fsp3) is 0.304. The Kier molecular flexibility index (Phi) is 4.38. The van der Waals surface area contributed by atoms with Crippen molar-refractivity contribution in [1.29, 1.82) is 0 Å². The number of amides is 1. The van der Waals surface area contributed by atoms with Gasteiger partial charge in [0.25, 0.3) is 0 Å². The zero-order chi connectivity index (χ0) is 20.7. The van der Waals surface area contributed by atoms with Crippen molar-refractivity contribution < 1.29 is 14.3 Å². The van der Waals surface area contributed by atoms with Gasteiger partial charge in [0.15, 0.2) is 5.82 Å². The number of carbonyl (C=O) groups excluding carboxylic acids is 2. The highest BCUT2D eigenvalue weighted by Crippen LogP contribution is 2.47. The van der Waals surface area contributed by atoms with Crippen LogP contribution in [0.5, 0.6) is 0 Å². The van der Waals surface area contributed by atoms with E-state index in [1.165, 1.54) is 0 Å². The molecule has 30 heavy (non-hydrogen) atoms. The van der Waals surface area contributed by atoms with Crippen molar-refractivity contribution in [2.24, 2.45) is 5.92 Å². The summed E-state index contributed by atoms with van der Waals surface area (Å²) in [5, 5.41) is 7.43. The largest absolute Gasteiger partial charge is 0.450 e. The number of nitrogens with one attached hydrogen (secondary N) is 1. The van der Waals surface area contributed by atoms with Crippen LogP contribution in [0.25, 0.3) is 5.69 Å². The number of rotatable bonds is 3. The maximum atomic E-state index is 12.8. The second kappa shape index (κ2) is 7.09. The third-order valence-electron chi connectivity index (χ3n) is 6.19. The third kappa shape index (κ3) is 3.07. The van der Waals surface area contributed by atoms with E-state index >= 15 is 0 Å². The Bertz CT molecular complexity index is 1130. The van der Waals surface area contributed by atoms with Gasteiger partial charge in [0, 0.05) is 36.1 Å². The molecule has 7 nitrogen and oxygen atoms in total. The lowest BCUT2D eigenvalue weighted by molar-refractivity contribution is -0.122. The molecule has 3 aromatic rings. The lowest BCUT2D eigenvalue weighted by atomic mass is 9.75.